The van der Waals surface area contributed by atoms with Crippen molar-refractivity contribution in [1.29, 1.82) is 0 Å². The molecule has 0 N–H and O–H groups in total. The molecule has 4 aromatic heterocycles. The fraction of sp³-hybridized carbons (Fsp3) is 0.208. The molecule has 0 bridgehead atoms. The first-order valence-electron chi connectivity index (χ1n) is 10.4. The Balaban J connectivity index is 1.79. The van der Waals surface area contributed by atoms with Gasteiger partial charge in [0, 0.05) is 50.6 Å². The first-order chi connectivity index (χ1) is 15.9. The summed E-state index contributed by atoms with van der Waals surface area (Å²) in [6, 6.07) is 9.57. The number of benzene rings is 1. The summed E-state index contributed by atoms with van der Waals surface area (Å²) in [5.41, 5.74) is 5.34. The molecule has 0 spiro atoms. The summed E-state index contributed by atoms with van der Waals surface area (Å²) in [6.07, 6.45) is 5.33. The first kappa shape index (κ1) is 20.6. The van der Waals surface area contributed by atoms with Gasteiger partial charge in [0.25, 0.3) is 0 Å². The number of anilines is 1. The Morgan fingerprint density at radius 2 is 1.73 bits per heavy atom. The largest absolute Gasteiger partial charge is 0.481 e. The smallest absolute Gasteiger partial charge is 0.333 e. The van der Waals surface area contributed by atoms with Gasteiger partial charge in [-0.05, 0) is 30.7 Å². The van der Waals surface area contributed by atoms with Gasteiger partial charge in [-0.25, -0.2) is 19.7 Å². The van der Waals surface area contributed by atoms with Gasteiger partial charge < -0.3 is 9.64 Å². The molecule has 0 atom stereocenters. The van der Waals surface area contributed by atoms with Crippen molar-refractivity contribution >= 4 is 27.9 Å². The van der Waals surface area contributed by atoms with Crippen molar-refractivity contribution < 1.29 is 4.74 Å². The molecule has 0 aliphatic heterocycles. The van der Waals surface area contributed by atoms with Crippen molar-refractivity contribution in [2.24, 2.45) is 7.05 Å². The van der Waals surface area contributed by atoms with Crippen LogP contribution in [0.2, 0.25) is 0 Å². The van der Waals surface area contributed by atoms with Crippen LogP contribution in [0.5, 0.6) is 5.88 Å². The standard InChI is InChI=1S/C24H23N7O2/c1-14-19(8-9-21(28-14)33-5)31-22-17-10-15(16-11-26-23(27-12-16)29(2)3)6-7-18(17)25-13-20(22)30(4)24(31)32/h6-13H,1-5H3. The lowest BCUT2D eigenvalue weighted by molar-refractivity contribution is 0.397. The van der Waals surface area contributed by atoms with Crippen molar-refractivity contribution in [3.05, 3.63) is 65.1 Å². The zero-order valence-electron chi connectivity index (χ0n) is 19.1. The van der Waals surface area contributed by atoms with Crippen LogP contribution >= 0.6 is 0 Å². The van der Waals surface area contributed by atoms with E-state index >= 15 is 0 Å². The first-order valence-corrected chi connectivity index (χ1v) is 10.4. The summed E-state index contributed by atoms with van der Waals surface area (Å²) >= 11 is 0. The molecule has 5 aromatic rings. The summed E-state index contributed by atoms with van der Waals surface area (Å²) in [5, 5.41) is 0.856. The topological polar surface area (TPSA) is 91.0 Å². The van der Waals surface area contributed by atoms with Gasteiger partial charge in [-0.3, -0.25) is 14.1 Å². The van der Waals surface area contributed by atoms with E-state index in [2.05, 4.69) is 19.9 Å². The molecule has 9 heteroatoms. The van der Waals surface area contributed by atoms with Crippen molar-refractivity contribution in [2.45, 2.75) is 6.92 Å². The minimum atomic E-state index is -0.168. The lowest BCUT2D eigenvalue weighted by atomic mass is 10.1. The Kier molecular flexibility index (Phi) is 4.81. The van der Waals surface area contributed by atoms with Crippen LogP contribution in [0.25, 0.3) is 38.8 Å². The van der Waals surface area contributed by atoms with E-state index < -0.39 is 0 Å². The normalized spacial score (nSPS) is 11.3. The van der Waals surface area contributed by atoms with Gasteiger partial charge in [0.2, 0.25) is 11.8 Å². The van der Waals surface area contributed by atoms with Gasteiger partial charge >= 0.3 is 5.69 Å². The van der Waals surface area contributed by atoms with Crippen LogP contribution in [0.4, 0.5) is 5.95 Å². The molecule has 0 aliphatic rings. The summed E-state index contributed by atoms with van der Waals surface area (Å²) in [6.45, 7) is 1.86. The number of methoxy groups -OCH3 is 1. The number of hydrogen-bond donors (Lipinski definition) is 0. The van der Waals surface area contributed by atoms with Crippen LogP contribution in [0.1, 0.15) is 5.69 Å². The molecule has 0 unspecified atom stereocenters. The third-order valence-corrected chi connectivity index (χ3v) is 5.74. The van der Waals surface area contributed by atoms with Gasteiger partial charge in [0.05, 0.1) is 41.2 Å². The number of hydrogen-bond acceptors (Lipinski definition) is 7. The second-order valence-electron chi connectivity index (χ2n) is 8.03. The predicted molar refractivity (Wildman–Crippen MR) is 128 cm³/mol. The highest BCUT2D eigenvalue weighted by molar-refractivity contribution is 6.04. The SMILES string of the molecule is COc1ccc(-n2c(=O)n(C)c3cnc4ccc(-c5cnc(N(C)C)nc5)cc4c32)c(C)n1. The fourth-order valence-electron chi connectivity index (χ4n) is 3.98. The maximum Gasteiger partial charge on any atom is 0.333 e. The molecule has 9 nitrogen and oxygen atoms in total. The van der Waals surface area contributed by atoms with E-state index in [-0.39, 0.29) is 5.69 Å². The summed E-state index contributed by atoms with van der Waals surface area (Å²) < 4.78 is 8.53. The number of aryl methyl sites for hydroxylation is 2. The van der Waals surface area contributed by atoms with Gasteiger partial charge in [-0.1, -0.05) is 6.07 Å². The fourth-order valence-corrected chi connectivity index (χ4v) is 3.98. The van der Waals surface area contributed by atoms with Crippen molar-refractivity contribution in [3.8, 4) is 22.7 Å². The summed E-state index contributed by atoms with van der Waals surface area (Å²) in [5.74, 6) is 1.14. The molecular formula is C24H23N7O2. The van der Waals surface area contributed by atoms with Crippen LogP contribution in [0.3, 0.4) is 0 Å². The van der Waals surface area contributed by atoms with Crippen molar-refractivity contribution in [2.75, 3.05) is 26.1 Å². The van der Waals surface area contributed by atoms with Gasteiger partial charge in [-0.2, -0.15) is 0 Å². The second-order valence-corrected chi connectivity index (χ2v) is 8.03. The molecule has 0 amide bonds. The van der Waals surface area contributed by atoms with E-state index in [1.807, 2.05) is 50.2 Å². The third-order valence-electron chi connectivity index (χ3n) is 5.74. The molecule has 1 aromatic carbocycles. The highest BCUT2D eigenvalue weighted by Gasteiger charge is 2.18. The molecule has 0 fully saturated rings. The van der Waals surface area contributed by atoms with E-state index in [1.165, 1.54) is 0 Å². The Hall–Kier alpha value is -4.27. The van der Waals surface area contributed by atoms with Gasteiger partial charge in [0.1, 0.15) is 0 Å². The minimum absolute atomic E-state index is 0.168. The van der Waals surface area contributed by atoms with E-state index in [9.17, 15) is 4.79 Å². The maximum atomic E-state index is 13.3. The van der Waals surface area contributed by atoms with E-state index in [0.29, 0.717) is 23.2 Å². The van der Waals surface area contributed by atoms with Crippen LogP contribution in [-0.4, -0.2) is 50.3 Å². The Morgan fingerprint density at radius 3 is 2.39 bits per heavy atom. The number of pyridine rings is 2. The molecule has 0 saturated carbocycles. The number of ether oxygens (including phenoxy) is 1. The quantitative estimate of drug-likeness (QED) is 0.423. The molecule has 33 heavy (non-hydrogen) atoms. The zero-order valence-corrected chi connectivity index (χ0v) is 19.1. The van der Waals surface area contributed by atoms with Crippen LogP contribution < -0.4 is 15.3 Å². The van der Waals surface area contributed by atoms with E-state index in [0.717, 1.165) is 33.1 Å². The van der Waals surface area contributed by atoms with Crippen LogP contribution in [-0.2, 0) is 7.05 Å². The number of nitrogens with zero attached hydrogens (tertiary/aromatic N) is 7. The van der Waals surface area contributed by atoms with Gasteiger partial charge in [-0.15, -0.1) is 0 Å². The van der Waals surface area contributed by atoms with E-state index in [1.54, 1.807) is 47.9 Å². The molecule has 4 heterocycles. The van der Waals surface area contributed by atoms with Crippen LogP contribution in [0, 0.1) is 6.92 Å². The Morgan fingerprint density at radius 1 is 0.970 bits per heavy atom. The zero-order chi connectivity index (χ0) is 23.3. The van der Waals surface area contributed by atoms with Crippen LogP contribution in [0.15, 0.2) is 53.7 Å². The highest BCUT2D eigenvalue weighted by atomic mass is 16.5. The van der Waals surface area contributed by atoms with Crippen molar-refractivity contribution in [1.82, 2.24) is 29.1 Å². The number of aromatic nitrogens is 6. The molecule has 0 radical (unpaired) electrons. The van der Waals surface area contributed by atoms with E-state index in [4.69, 9.17) is 4.74 Å². The number of imidazole rings is 1. The highest BCUT2D eigenvalue weighted by Crippen LogP contribution is 2.30. The monoisotopic (exact) mass is 441 g/mol. The van der Waals surface area contributed by atoms with Crippen molar-refractivity contribution in [3.63, 3.8) is 0 Å². The third kappa shape index (κ3) is 3.29. The summed E-state index contributed by atoms with van der Waals surface area (Å²) in [4.78, 5) is 33.1. The Bertz CT molecular complexity index is 1570. The average molecular weight is 441 g/mol. The molecular weight excluding hydrogens is 418 g/mol. The average Bonchev–Trinajstić information content (AvgIpc) is 3.09. The predicted octanol–water partition coefficient (Wildman–Crippen LogP) is 3.11. The Labute approximate surface area is 189 Å². The maximum absolute atomic E-state index is 13.3. The lowest BCUT2D eigenvalue weighted by Gasteiger charge is -2.11. The molecule has 5 rings (SSSR count). The number of rotatable bonds is 4. The minimum Gasteiger partial charge on any atom is -0.481 e. The second kappa shape index (κ2) is 7.70. The molecule has 0 saturated heterocycles. The lowest BCUT2D eigenvalue weighted by Crippen LogP contribution is -2.21. The summed E-state index contributed by atoms with van der Waals surface area (Å²) in [7, 11) is 7.12. The molecule has 0 aliphatic carbocycles. The number of fused-ring (bicyclic) bond motifs is 3. The molecule has 166 valence electrons. The van der Waals surface area contributed by atoms with Gasteiger partial charge in [0.15, 0.2) is 0 Å².